The number of nitrogens with one attached hydrogen (secondary N) is 1. The summed E-state index contributed by atoms with van der Waals surface area (Å²) in [6.45, 7) is 4.89. The number of halogens is 1. The smallest absolute Gasteiger partial charge is 0.292 e. The number of benzene rings is 1. The van der Waals surface area contributed by atoms with Crippen LogP contribution in [-0.4, -0.2) is 49.2 Å². The third kappa shape index (κ3) is 4.15. The highest BCUT2D eigenvalue weighted by Crippen LogP contribution is 2.27. The van der Waals surface area contributed by atoms with Gasteiger partial charge in [0.05, 0.1) is 18.1 Å². The van der Waals surface area contributed by atoms with E-state index in [1.807, 2.05) is 0 Å². The second kappa shape index (κ2) is 6.83. The minimum absolute atomic E-state index is 0.102. The van der Waals surface area contributed by atoms with Crippen LogP contribution in [0.25, 0.3) is 0 Å². The molecule has 1 fully saturated rings. The molecule has 104 valence electrons. The third-order valence-corrected chi connectivity index (χ3v) is 3.50. The predicted octanol–water partition coefficient (Wildman–Crippen LogP) is 2.10. The fraction of sp³-hybridized carbons (Fsp3) is 0.500. The summed E-state index contributed by atoms with van der Waals surface area (Å²) in [4.78, 5) is 12.8. The summed E-state index contributed by atoms with van der Waals surface area (Å²) < 4.78 is 6.10. The van der Waals surface area contributed by atoms with Gasteiger partial charge in [-0.3, -0.25) is 15.0 Å². The van der Waals surface area contributed by atoms with Gasteiger partial charge in [0.15, 0.2) is 0 Å². The molecule has 0 bridgehead atoms. The summed E-state index contributed by atoms with van der Waals surface area (Å²) in [6, 6.07) is 4.91. The number of anilines is 1. The van der Waals surface area contributed by atoms with Crippen LogP contribution in [0.15, 0.2) is 22.7 Å². The molecule has 1 aliphatic heterocycles. The molecule has 0 unspecified atom stereocenters. The Morgan fingerprint density at radius 1 is 1.42 bits per heavy atom. The van der Waals surface area contributed by atoms with Crippen LogP contribution in [0.1, 0.15) is 0 Å². The average Bonchev–Trinajstić information content (AvgIpc) is 2.39. The average molecular weight is 330 g/mol. The summed E-state index contributed by atoms with van der Waals surface area (Å²) in [5, 5.41) is 14.0. The third-order valence-electron chi connectivity index (χ3n) is 3.00. The van der Waals surface area contributed by atoms with Gasteiger partial charge in [-0.25, -0.2) is 0 Å². The van der Waals surface area contributed by atoms with Crippen molar-refractivity contribution in [2.45, 2.75) is 0 Å². The lowest BCUT2D eigenvalue weighted by Gasteiger charge is -2.26. The minimum Gasteiger partial charge on any atom is -0.379 e. The van der Waals surface area contributed by atoms with Gasteiger partial charge in [0.1, 0.15) is 5.69 Å². The predicted molar refractivity (Wildman–Crippen MR) is 76.5 cm³/mol. The van der Waals surface area contributed by atoms with Crippen molar-refractivity contribution < 1.29 is 9.66 Å². The van der Waals surface area contributed by atoms with Gasteiger partial charge in [0.25, 0.3) is 5.69 Å². The SMILES string of the molecule is O=[N+]([O-])c1ccc(Br)cc1NCCN1CCOCC1. The zero-order chi connectivity index (χ0) is 13.7. The van der Waals surface area contributed by atoms with E-state index in [9.17, 15) is 10.1 Å². The Morgan fingerprint density at radius 2 is 2.16 bits per heavy atom. The maximum Gasteiger partial charge on any atom is 0.292 e. The van der Waals surface area contributed by atoms with Crippen molar-refractivity contribution in [3.8, 4) is 0 Å². The van der Waals surface area contributed by atoms with Crippen LogP contribution >= 0.6 is 15.9 Å². The lowest BCUT2D eigenvalue weighted by molar-refractivity contribution is -0.384. The van der Waals surface area contributed by atoms with Gasteiger partial charge < -0.3 is 10.1 Å². The Hall–Kier alpha value is -1.18. The molecule has 0 spiro atoms. The monoisotopic (exact) mass is 329 g/mol. The van der Waals surface area contributed by atoms with E-state index in [0.717, 1.165) is 37.3 Å². The normalized spacial score (nSPS) is 16.3. The molecule has 0 radical (unpaired) electrons. The van der Waals surface area contributed by atoms with Crippen molar-refractivity contribution in [3.05, 3.63) is 32.8 Å². The number of rotatable bonds is 5. The minimum atomic E-state index is -0.372. The highest BCUT2D eigenvalue weighted by atomic mass is 79.9. The zero-order valence-electron chi connectivity index (χ0n) is 10.5. The highest BCUT2D eigenvalue weighted by Gasteiger charge is 2.14. The first-order valence-corrected chi connectivity index (χ1v) is 6.94. The first-order valence-electron chi connectivity index (χ1n) is 6.15. The Kier molecular flexibility index (Phi) is 5.12. The van der Waals surface area contributed by atoms with E-state index in [-0.39, 0.29) is 10.6 Å². The molecule has 0 aromatic heterocycles. The topological polar surface area (TPSA) is 67.6 Å². The molecule has 1 heterocycles. The second-order valence-electron chi connectivity index (χ2n) is 4.30. The molecule has 1 aromatic rings. The summed E-state index contributed by atoms with van der Waals surface area (Å²) >= 11 is 3.32. The molecule has 1 aromatic carbocycles. The van der Waals surface area contributed by atoms with E-state index < -0.39 is 0 Å². The van der Waals surface area contributed by atoms with Crippen molar-refractivity contribution in [1.82, 2.24) is 4.90 Å². The molecule has 0 amide bonds. The van der Waals surface area contributed by atoms with E-state index in [1.165, 1.54) is 6.07 Å². The molecule has 19 heavy (non-hydrogen) atoms. The molecule has 7 heteroatoms. The molecular weight excluding hydrogens is 314 g/mol. The highest BCUT2D eigenvalue weighted by molar-refractivity contribution is 9.10. The van der Waals surface area contributed by atoms with E-state index in [2.05, 4.69) is 26.1 Å². The summed E-state index contributed by atoms with van der Waals surface area (Å²) in [7, 11) is 0. The molecule has 6 nitrogen and oxygen atoms in total. The number of ether oxygens (including phenoxy) is 1. The molecule has 1 aliphatic rings. The fourth-order valence-electron chi connectivity index (χ4n) is 1.98. The molecule has 0 aliphatic carbocycles. The number of nitrogens with zero attached hydrogens (tertiary/aromatic N) is 2. The summed E-state index contributed by atoms with van der Waals surface area (Å²) in [5.74, 6) is 0. The Bertz CT molecular complexity index is 450. The number of nitro benzene ring substituents is 1. The van der Waals surface area contributed by atoms with Crippen LogP contribution in [0.5, 0.6) is 0 Å². The van der Waals surface area contributed by atoms with E-state index in [4.69, 9.17) is 4.74 Å². The van der Waals surface area contributed by atoms with Gasteiger partial charge >= 0.3 is 0 Å². The van der Waals surface area contributed by atoms with Gasteiger partial charge in [-0.2, -0.15) is 0 Å². The molecule has 1 saturated heterocycles. The number of hydrogen-bond donors (Lipinski definition) is 1. The molecule has 0 saturated carbocycles. The number of hydrogen-bond acceptors (Lipinski definition) is 5. The van der Waals surface area contributed by atoms with Gasteiger partial charge in [0, 0.05) is 36.7 Å². The van der Waals surface area contributed by atoms with Gasteiger partial charge in [-0.05, 0) is 12.1 Å². The van der Waals surface area contributed by atoms with Crippen molar-refractivity contribution in [3.63, 3.8) is 0 Å². The standard InChI is InChI=1S/C12H16BrN3O3/c13-10-1-2-12(16(17)18)11(9-10)14-3-4-15-5-7-19-8-6-15/h1-2,9,14H,3-8H2. The molecule has 2 rings (SSSR count). The maximum atomic E-state index is 10.9. The van der Waals surface area contributed by atoms with Crippen LogP contribution < -0.4 is 5.32 Å². The van der Waals surface area contributed by atoms with Crippen LogP contribution in [0.2, 0.25) is 0 Å². The van der Waals surface area contributed by atoms with Crippen LogP contribution in [0.4, 0.5) is 11.4 Å². The van der Waals surface area contributed by atoms with Gasteiger partial charge in [-0.1, -0.05) is 15.9 Å². The van der Waals surface area contributed by atoms with Crippen LogP contribution in [-0.2, 0) is 4.74 Å². The number of morpholine rings is 1. The van der Waals surface area contributed by atoms with Crippen LogP contribution in [0.3, 0.4) is 0 Å². The van der Waals surface area contributed by atoms with Crippen molar-refractivity contribution in [1.29, 1.82) is 0 Å². The fourth-order valence-corrected chi connectivity index (χ4v) is 2.34. The quantitative estimate of drug-likeness (QED) is 0.661. The van der Waals surface area contributed by atoms with Crippen molar-refractivity contribution in [2.75, 3.05) is 44.7 Å². The maximum absolute atomic E-state index is 10.9. The number of nitro groups is 1. The molecule has 0 atom stereocenters. The molecule has 1 N–H and O–H groups in total. The zero-order valence-corrected chi connectivity index (χ0v) is 12.1. The van der Waals surface area contributed by atoms with Gasteiger partial charge in [-0.15, -0.1) is 0 Å². The van der Waals surface area contributed by atoms with Crippen molar-refractivity contribution >= 4 is 27.3 Å². The largest absolute Gasteiger partial charge is 0.379 e. The summed E-state index contributed by atoms with van der Waals surface area (Å²) in [6.07, 6.45) is 0. The van der Waals surface area contributed by atoms with E-state index in [1.54, 1.807) is 12.1 Å². The Balaban J connectivity index is 1.91. The second-order valence-corrected chi connectivity index (χ2v) is 5.22. The first-order chi connectivity index (χ1) is 9.16. The Morgan fingerprint density at radius 3 is 2.84 bits per heavy atom. The van der Waals surface area contributed by atoms with E-state index >= 15 is 0 Å². The lowest BCUT2D eigenvalue weighted by Crippen LogP contribution is -2.39. The molecular formula is C12H16BrN3O3. The first kappa shape index (κ1) is 14.2. The van der Waals surface area contributed by atoms with Crippen LogP contribution in [0, 0.1) is 10.1 Å². The van der Waals surface area contributed by atoms with Crippen molar-refractivity contribution in [2.24, 2.45) is 0 Å². The Labute approximate surface area is 120 Å². The summed E-state index contributed by atoms with van der Waals surface area (Å²) in [5.41, 5.74) is 0.651. The van der Waals surface area contributed by atoms with E-state index in [0.29, 0.717) is 12.2 Å². The van der Waals surface area contributed by atoms with Gasteiger partial charge in [0.2, 0.25) is 0 Å². The lowest BCUT2D eigenvalue weighted by atomic mass is 10.2.